The number of halogens is 9. The van der Waals surface area contributed by atoms with Crippen LogP contribution in [0.3, 0.4) is 0 Å². The minimum absolute atomic E-state index is 0.0916. The number of pyridine rings is 2. The lowest BCUT2D eigenvalue weighted by Crippen LogP contribution is -2.12. The molecule has 13 heteroatoms. The molecule has 0 aliphatic heterocycles. The zero-order valence-electron chi connectivity index (χ0n) is 13.5. The lowest BCUT2D eigenvalue weighted by atomic mass is 10.2. The lowest BCUT2D eigenvalue weighted by Gasteiger charge is -2.12. The molecule has 0 aliphatic rings. The van der Waals surface area contributed by atoms with Crippen molar-refractivity contribution in [1.82, 2.24) is 9.97 Å². The van der Waals surface area contributed by atoms with E-state index in [0.29, 0.717) is 20.1 Å². The van der Waals surface area contributed by atoms with Gasteiger partial charge in [0, 0.05) is 0 Å². The summed E-state index contributed by atoms with van der Waals surface area (Å²) in [5.74, 6) is -0.314. The standard InChI is InChI=1S/C7H5Br2F3N2.C7H6BrF3N2/c1-2-3(8)5(7(10,11)12)14-6(13)4(2)9;1-3-2-4(7(9,10)11)13-6(12)5(3)8/h1H3,(H2,13,14);2H,1H3,(H2,12,13). The quantitative estimate of drug-likeness (QED) is 0.356. The molecule has 0 radical (unpaired) electrons. The van der Waals surface area contributed by atoms with E-state index in [1.54, 1.807) is 0 Å². The molecule has 0 aromatic carbocycles. The summed E-state index contributed by atoms with van der Waals surface area (Å²) in [6, 6.07) is 0.945. The largest absolute Gasteiger partial charge is 0.434 e. The smallest absolute Gasteiger partial charge is 0.383 e. The molecule has 27 heavy (non-hydrogen) atoms. The van der Waals surface area contributed by atoms with Crippen LogP contribution in [0.1, 0.15) is 22.5 Å². The van der Waals surface area contributed by atoms with Crippen LogP contribution in [0, 0.1) is 13.8 Å². The van der Waals surface area contributed by atoms with E-state index in [4.69, 9.17) is 11.5 Å². The van der Waals surface area contributed by atoms with Crippen molar-refractivity contribution in [1.29, 1.82) is 0 Å². The molecule has 0 fully saturated rings. The van der Waals surface area contributed by atoms with Gasteiger partial charge >= 0.3 is 12.4 Å². The molecule has 2 rings (SSSR count). The topological polar surface area (TPSA) is 77.8 Å². The van der Waals surface area contributed by atoms with Crippen LogP contribution in [0.15, 0.2) is 19.5 Å². The zero-order chi connectivity index (χ0) is 21.3. The highest BCUT2D eigenvalue weighted by molar-refractivity contribution is 9.11. The molecule has 0 amide bonds. The average molecular weight is 589 g/mol. The van der Waals surface area contributed by atoms with E-state index < -0.39 is 23.7 Å². The second kappa shape index (κ2) is 8.52. The normalized spacial score (nSPS) is 11.8. The van der Waals surface area contributed by atoms with Crippen LogP contribution in [0.2, 0.25) is 0 Å². The Kier molecular flexibility index (Phi) is 7.56. The van der Waals surface area contributed by atoms with Gasteiger partial charge in [0.15, 0.2) is 5.69 Å². The van der Waals surface area contributed by atoms with Gasteiger partial charge in [-0.25, -0.2) is 9.97 Å². The number of hydrogen-bond acceptors (Lipinski definition) is 4. The number of rotatable bonds is 0. The predicted octanol–water partition coefficient (Wildman–Crippen LogP) is 6.27. The van der Waals surface area contributed by atoms with E-state index >= 15 is 0 Å². The summed E-state index contributed by atoms with van der Waals surface area (Å²) in [4.78, 5) is 6.47. The Morgan fingerprint density at radius 3 is 1.67 bits per heavy atom. The van der Waals surface area contributed by atoms with Crippen LogP contribution < -0.4 is 11.5 Å². The minimum atomic E-state index is -4.50. The van der Waals surface area contributed by atoms with Gasteiger partial charge in [-0.05, 0) is 78.8 Å². The average Bonchev–Trinajstić information content (AvgIpc) is 2.52. The van der Waals surface area contributed by atoms with E-state index in [1.807, 2.05) is 0 Å². The van der Waals surface area contributed by atoms with Crippen molar-refractivity contribution in [2.45, 2.75) is 26.2 Å². The van der Waals surface area contributed by atoms with Gasteiger partial charge in [0.05, 0.1) is 13.4 Å². The van der Waals surface area contributed by atoms with Crippen molar-refractivity contribution in [2.75, 3.05) is 11.5 Å². The van der Waals surface area contributed by atoms with Gasteiger partial charge < -0.3 is 11.5 Å². The summed E-state index contributed by atoms with van der Waals surface area (Å²) in [5, 5.41) is 0. The number of aromatic nitrogens is 2. The molecule has 0 saturated carbocycles. The number of aryl methyl sites for hydroxylation is 1. The molecule has 4 N–H and O–H groups in total. The monoisotopic (exact) mass is 586 g/mol. The molecule has 0 saturated heterocycles. The van der Waals surface area contributed by atoms with Crippen molar-refractivity contribution < 1.29 is 26.3 Å². The van der Waals surface area contributed by atoms with Crippen LogP contribution in [0.5, 0.6) is 0 Å². The lowest BCUT2D eigenvalue weighted by molar-refractivity contribution is -0.142. The van der Waals surface area contributed by atoms with Gasteiger partial charge in [-0.15, -0.1) is 0 Å². The maximum atomic E-state index is 12.4. The Labute approximate surface area is 175 Å². The van der Waals surface area contributed by atoms with Gasteiger partial charge in [0.2, 0.25) is 0 Å². The summed E-state index contributed by atoms with van der Waals surface area (Å²) < 4.78 is 74.3. The molecule has 0 atom stereocenters. The van der Waals surface area contributed by atoms with E-state index in [0.717, 1.165) is 6.07 Å². The molecule has 2 aromatic rings. The summed E-state index contributed by atoms with van der Waals surface area (Å²) >= 11 is 8.90. The SMILES string of the molecule is Cc1c(Br)c(N)nc(C(F)(F)F)c1Br.Cc1cc(C(F)(F)F)nc(N)c1Br. The molecular weight excluding hydrogens is 578 g/mol. The van der Waals surface area contributed by atoms with Crippen molar-refractivity contribution in [3.8, 4) is 0 Å². The van der Waals surface area contributed by atoms with Gasteiger partial charge in [-0.3, -0.25) is 0 Å². The Balaban J connectivity index is 0.000000271. The van der Waals surface area contributed by atoms with E-state index in [9.17, 15) is 26.3 Å². The maximum absolute atomic E-state index is 12.4. The second-order valence-corrected chi connectivity index (χ2v) is 7.50. The van der Waals surface area contributed by atoms with Gasteiger partial charge in [-0.2, -0.15) is 26.3 Å². The third kappa shape index (κ3) is 5.95. The van der Waals surface area contributed by atoms with Crippen LogP contribution >= 0.6 is 47.8 Å². The Morgan fingerprint density at radius 1 is 0.778 bits per heavy atom. The summed E-state index contributed by atoms with van der Waals surface area (Å²) in [5.41, 5.74) is 9.39. The van der Waals surface area contributed by atoms with Crippen molar-refractivity contribution in [3.05, 3.63) is 42.0 Å². The third-order valence-electron chi connectivity index (χ3n) is 3.05. The number of hydrogen-bond donors (Lipinski definition) is 2. The molecule has 0 unspecified atom stereocenters. The molecule has 4 nitrogen and oxygen atoms in total. The van der Waals surface area contributed by atoms with Gasteiger partial charge in [-0.1, -0.05) is 0 Å². The fourth-order valence-corrected chi connectivity index (χ4v) is 2.97. The summed E-state index contributed by atoms with van der Waals surface area (Å²) in [7, 11) is 0. The Morgan fingerprint density at radius 2 is 1.26 bits per heavy atom. The molecule has 0 bridgehead atoms. The van der Waals surface area contributed by atoms with Crippen LogP contribution in [-0.2, 0) is 12.4 Å². The number of nitrogen functional groups attached to an aromatic ring is 2. The zero-order valence-corrected chi connectivity index (χ0v) is 18.3. The molecular formula is C14H11Br3F6N4. The highest BCUT2D eigenvalue weighted by Crippen LogP contribution is 2.39. The van der Waals surface area contributed by atoms with E-state index in [-0.39, 0.29) is 16.1 Å². The van der Waals surface area contributed by atoms with Crippen molar-refractivity contribution in [2.24, 2.45) is 0 Å². The summed E-state index contributed by atoms with van der Waals surface area (Å²) in [6.45, 7) is 3.04. The van der Waals surface area contributed by atoms with E-state index in [2.05, 4.69) is 57.8 Å². The van der Waals surface area contributed by atoms with E-state index in [1.165, 1.54) is 13.8 Å². The fourth-order valence-electron chi connectivity index (χ4n) is 1.70. The van der Waals surface area contributed by atoms with Gasteiger partial charge in [0.25, 0.3) is 0 Å². The Bertz CT molecular complexity index is 829. The molecule has 150 valence electrons. The first-order valence-corrected chi connectivity index (χ1v) is 9.13. The highest BCUT2D eigenvalue weighted by Gasteiger charge is 2.36. The van der Waals surface area contributed by atoms with Gasteiger partial charge in [0.1, 0.15) is 17.3 Å². The maximum Gasteiger partial charge on any atom is 0.434 e. The van der Waals surface area contributed by atoms with Crippen LogP contribution in [0.4, 0.5) is 38.0 Å². The third-order valence-corrected chi connectivity index (χ3v) is 6.05. The molecule has 0 aliphatic carbocycles. The first-order chi connectivity index (χ1) is 12.1. The molecule has 2 aromatic heterocycles. The summed E-state index contributed by atoms with van der Waals surface area (Å²) in [6.07, 6.45) is -8.95. The molecule has 2 heterocycles. The first-order valence-electron chi connectivity index (χ1n) is 6.75. The van der Waals surface area contributed by atoms with Crippen LogP contribution in [0.25, 0.3) is 0 Å². The predicted molar refractivity (Wildman–Crippen MR) is 99.9 cm³/mol. The first kappa shape index (κ1) is 24.0. The molecule has 0 spiro atoms. The van der Waals surface area contributed by atoms with Crippen LogP contribution in [-0.4, -0.2) is 9.97 Å². The number of anilines is 2. The minimum Gasteiger partial charge on any atom is -0.383 e. The van der Waals surface area contributed by atoms with Crippen molar-refractivity contribution >= 4 is 59.4 Å². The fraction of sp³-hybridized carbons (Fsp3) is 0.286. The second-order valence-electron chi connectivity index (χ2n) is 5.12. The van der Waals surface area contributed by atoms with Crippen molar-refractivity contribution in [3.63, 3.8) is 0 Å². The highest BCUT2D eigenvalue weighted by atomic mass is 79.9. The Hall–Kier alpha value is -1.08. The number of alkyl halides is 6. The number of nitrogens with zero attached hydrogens (tertiary/aromatic N) is 2. The number of nitrogens with two attached hydrogens (primary N) is 2.